The van der Waals surface area contributed by atoms with Crippen LogP contribution in [0, 0.1) is 6.92 Å². The summed E-state index contributed by atoms with van der Waals surface area (Å²) in [4.78, 5) is 24.7. The zero-order valence-corrected chi connectivity index (χ0v) is 19.7. The number of rotatable bonds is 7. The van der Waals surface area contributed by atoms with Gasteiger partial charge in [-0.2, -0.15) is 0 Å². The van der Waals surface area contributed by atoms with Crippen molar-refractivity contribution in [3.05, 3.63) is 88.6 Å². The molecule has 186 valence electrons. The first-order chi connectivity index (χ1) is 16.9. The lowest BCUT2D eigenvalue weighted by Crippen LogP contribution is -2.22. The molecule has 0 radical (unpaired) electrons. The van der Waals surface area contributed by atoms with E-state index in [9.17, 15) is 22.8 Å². The van der Waals surface area contributed by atoms with E-state index in [1.165, 1.54) is 19.1 Å². The smallest absolute Gasteiger partial charge is 0.479 e. The van der Waals surface area contributed by atoms with Crippen LogP contribution in [0.4, 0.5) is 13.2 Å². The molecule has 0 fully saturated rings. The van der Waals surface area contributed by atoms with Gasteiger partial charge < -0.3 is 19.1 Å². The van der Waals surface area contributed by atoms with Gasteiger partial charge in [-0.05, 0) is 62.4 Å². The molecule has 1 heterocycles. The Bertz CT molecular complexity index is 1460. The van der Waals surface area contributed by atoms with Gasteiger partial charge >= 0.3 is 12.3 Å². The minimum atomic E-state index is -4.90. The van der Waals surface area contributed by atoms with E-state index in [4.69, 9.17) is 21.4 Å². The number of fused-ring (bicyclic) bond motifs is 1. The van der Waals surface area contributed by atoms with E-state index in [2.05, 4.69) is 4.74 Å². The number of carbonyl (C=O) groups excluding carboxylic acids is 1. The van der Waals surface area contributed by atoms with Crippen molar-refractivity contribution >= 4 is 34.3 Å². The first kappa shape index (κ1) is 25.1. The number of ketones is 1. The fourth-order valence-electron chi connectivity index (χ4n) is 3.91. The van der Waals surface area contributed by atoms with Crippen molar-refractivity contribution in [3.63, 3.8) is 0 Å². The SMILES string of the molecule is Cc1c(C(=O)c2ccc(Cl)cc2)c2ccc(OC(F)(F)F)cc2n1-c1cccc(O[C@H](C)C(=O)O)c1. The predicted octanol–water partition coefficient (Wildman–Crippen LogP) is 6.57. The topological polar surface area (TPSA) is 77.8 Å². The maximum Gasteiger partial charge on any atom is 0.573 e. The summed E-state index contributed by atoms with van der Waals surface area (Å²) in [5, 5.41) is 10.0. The van der Waals surface area contributed by atoms with Crippen molar-refractivity contribution in [1.82, 2.24) is 4.57 Å². The van der Waals surface area contributed by atoms with Crippen LogP contribution in [0.25, 0.3) is 16.6 Å². The zero-order valence-electron chi connectivity index (χ0n) is 19.0. The third-order valence-electron chi connectivity index (χ3n) is 5.48. The Morgan fingerprint density at radius 2 is 1.69 bits per heavy atom. The minimum absolute atomic E-state index is 0.233. The van der Waals surface area contributed by atoms with E-state index in [0.29, 0.717) is 27.4 Å². The third kappa shape index (κ3) is 5.16. The maximum atomic E-state index is 13.5. The van der Waals surface area contributed by atoms with Gasteiger partial charge in [0.25, 0.3) is 0 Å². The molecule has 0 unspecified atom stereocenters. The molecule has 0 amide bonds. The number of benzene rings is 3. The van der Waals surface area contributed by atoms with Gasteiger partial charge in [-0.3, -0.25) is 4.79 Å². The molecular weight excluding hydrogens is 499 g/mol. The number of hydrogen-bond acceptors (Lipinski definition) is 4. The second-order valence-corrected chi connectivity index (χ2v) is 8.39. The number of aromatic nitrogens is 1. The van der Waals surface area contributed by atoms with E-state index in [1.54, 1.807) is 60.0 Å². The monoisotopic (exact) mass is 517 g/mol. The Morgan fingerprint density at radius 1 is 1.00 bits per heavy atom. The second-order valence-electron chi connectivity index (χ2n) is 7.95. The summed E-state index contributed by atoms with van der Waals surface area (Å²) in [6, 6.07) is 16.4. The van der Waals surface area contributed by atoms with Crippen LogP contribution in [-0.4, -0.2) is 33.9 Å². The number of hydrogen-bond donors (Lipinski definition) is 1. The lowest BCUT2D eigenvalue weighted by molar-refractivity contribution is -0.274. The molecule has 0 saturated carbocycles. The normalized spacial score (nSPS) is 12.4. The fraction of sp³-hybridized carbons (Fsp3) is 0.154. The summed E-state index contributed by atoms with van der Waals surface area (Å²) in [7, 11) is 0. The highest BCUT2D eigenvalue weighted by molar-refractivity contribution is 6.30. The van der Waals surface area contributed by atoms with Gasteiger partial charge in [0.2, 0.25) is 0 Å². The lowest BCUT2D eigenvalue weighted by Gasteiger charge is -2.14. The zero-order chi connectivity index (χ0) is 26.2. The molecule has 10 heteroatoms. The Hall–Kier alpha value is -3.98. The molecule has 36 heavy (non-hydrogen) atoms. The van der Waals surface area contributed by atoms with Crippen LogP contribution in [0.3, 0.4) is 0 Å². The lowest BCUT2D eigenvalue weighted by atomic mass is 10.0. The molecule has 0 aliphatic heterocycles. The van der Waals surface area contributed by atoms with Crippen molar-refractivity contribution in [3.8, 4) is 17.2 Å². The van der Waals surface area contributed by atoms with Crippen LogP contribution >= 0.6 is 11.6 Å². The molecule has 1 atom stereocenters. The number of ether oxygens (including phenoxy) is 2. The van der Waals surface area contributed by atoms with Gasteiger partial charge in [0.1, 0.15) is 11.5 Å². The number of carbonyl (C=O) groups is 2. The average molecular weight is 518 g/mol. The predicted molar refractivity (Wildman–Crippen MR) is 127 cm³/mol. The van der Waals surface area contributed by atoms with Crippen molar-refractivity contribution in [2.75, 3.05) is 0 Å². The van der Waals surface area contributed by atoms with E-state index in [-0.39, 0.29) is 22.6 Å². The van der Waals surface area contributed by atoms with Crippen LogP contribution in [-0.2, 0) is 4.79 Å². The molecule has 3 aromatic carbocycles. The number of carboxylic acids is 1. The van der Waals surface area contributed by atoms with Gasteiger partial charge in [-0.25, -0.2) is 4.79 Å². The highest BCUT2D eigenvalue weighted by atomic mass is 35.5. The fourth-order valence-corrected chi connectivity index (χ4v) is 4.03. The Morgan fingerprint density at radius 3 is 2.33 bits per heavy atom. The average Bonchev–Trinajstić information content (AvgIpc) is 3.09. The Balaban J connectivity index is 1.91. The molecule has 0 saturated heterocycles. The summed E-state index contributed by atoms with van der Waals surface area (Å²) in [5.74, 6) is -1.72. The van der Waals surface area contributed by atoms with Crippen molar-refractivity contribution in [2.24, 2.45) is 0 Å². The molecule has 1 N–H and O–H groups in total. The molecule has 1 aromatic heterocycles. The summed E-state index contributed by atoms with van der Waals surface area (Å²) >= 11 is 5.94. The number of carboxylic acid groups (broad SMARTS) is 1. The van der Waals surface area contributed by atoms with Crippen LogP contribution < -0.4 is 9.47 Å². The first-order valence-electron chi connectivity index (χ1n) is 10.7. The van der Waals surface area contributed by atoms with Gasteiger partial charge in [-0.15, -0.1) is 13.2 Å². The molecular formula is C26H19ClF3NO5. The van der Waals surface area contributed by atoms with E-state index in [1.807, 2.05) is 0 Å². The largest absolute Gasteiger partial charge is 0.573 e. The second kappa shape index (κ2) is 9.58. The summed E-state index contributed by atoms with van der Waals surface area (Å²) in [6.45, 7) is 3.04. The molecule has 4 rings (SSSR count). The molecule has 0 aliphatic rings. The molecule has 6 nitrogen and oxygen atoms in total. The van der Waals surface area contributed by atoms with Crippen molar-refractivity contribution in [2.45, 2.75) is 26.3 Å². The van der Waals surface area contributed by atoms with Crippen LogP contribution in [0.15, 0.2) is 66.7 Å². The Kier molecular flexibility index (Phi) is 6.69. The maximum absolute atomic E-state index is 13.5. The van der Waals surface area contributed by atoms with Gasteiger partial charge in [0.05, 0.1) is 11.1 Å². The Labute approximate surface area is 208 Å². The van der Waals surface area contributed by atoms with Crippen molar-refractivity contribution < 1.29 is 37.3 Å². The van der Waals surface area contributed by atoms with Gasteiger partial charge in [-0.1, -0.05) is 17.7 Å². The van der Waals surface area contributed by atoms with Crippen LogP contribution in [0.5, 0.6) is 11.5 Å². The quantitative estimate of drug-likeness (QED) is 0.280. The van der Waals surface area contributed by atoms with E-state index >= 15 is 0 Å². The summed E-state index contributed by atoms with van der Waals surface area (Å²) < 4.78 is 49.9. The molecule has 4 aromatic rings. The number of halogens is 4. The first-order valence-corrected chi connectivity index (χ1v) is 11.0. The van der Waals surface area contributed by atoms with Crippen LogP contribution in [0.2, 0.25) is 5.02 Å². The molecule has 0 bridgehead atoms. The molecule has 0 aliphatic carbocycles. The number of aliphatic carboxylic acids is 1. The van der Waals surface area contributed by atoms with E-state index < -0.39 is 24.2 Å². The molecule has 0 spiro atoms. The van der Waals surface area contributed by atoms with E-state index in [0.717, 1.165) is 6.07 Å². The highest BCUT2D eigenvalue weighted by Gasteiger charge is 2.32. The summed E-state index contributed by atoms with van der Waals surface area (Å²) in [5.41, 5.74) is 1.83. The standard InChI is InChI=1S/C26H19ClF3NO5/c1-14-23(24(32)16-6-8-17(27)9-7-16)21-11-10-20(36-26(28,29)30)13-22(21)31(14)18-4-3-5-19(12-18)35-15(2)25(33)34/h3-13,15H,1-2H3,(H,33,34)/t15-/m1/s1. The van der Waals surface area contributed by atoms with Crippen LogP contribution in [0.1, 0.15) is 28.5 Å². The number of alkyl halides is 3. The van der Waals surface area contributed by atoms with Gasteiger partial charge in [0, 0.05) is 39.5 Å². The summed E-state index contributed by atoms with van der Waals surface area (Å²) in [6.07, 6.45) is -6.03. The third-order valence-corrected chi connectivity index (χ3v) is 5.73. The number of nitrogens with zero attached hydrogens (tertiary/aromatic N) is 1. The highest BCUT2D eigenvalue weighted by Crippen LogP contribution is 2.35. The van der Waals surface area contributed by atoms with Crippen molar-refractivity contribution in [1.29, 1.82) is 0 Å². The van der Waals surface area contributed by atoms with Gasteiger partial charge in [0.15, 0.2) is 11.9 Å². The minimum Gasteiger partial charge on any atom is -0.479 e.